The van der Waals surface area contributed by atoms with Crippen LogP contribution in [0.5, 0.6) is 34.5 Å². The molecule has 4 aromatic rings. The van der Waals surface area contributed by atoms with Crippen molar-refractivity contribution in [2.24, 2.45) is 0 Å². The minimum absolute atomic E-state index is 0.585. The molecule has 0 aliphatic carbocycles. The van der Waals surface area contributed by atoms with Crippen molar-refractivity contribution in [3.05, 3.63) is 36.4 Å². The Morgan fingerprint density at radius 3 is 0.788 bits per heavy atom. The third kappa shape index (κ3) is 17.8. The third-order valence-electron chi connectivity index (χ3n) is 12.4. The fraction of sp³-hybridized carbons (Fsp3) is 0.667. The van der Waals surface area contributed by atoms with Gasteiger partial charge in [0.15, 0.2) is 34.5 Å². The van der Waals surface area contributed by atoms with Crippen molar-refractivity contribution in [2.75, 3.05) is 74.4 Å². The summed E-state index contributed by atoms with van der Waals surface area (Å²) in [6, 6.07) is 13.4. The second-order valence-electron chi connectivity index (χ2n) is 18.7. The minimum atomic E-state index is 0.585. The Balaban J connectivity index is 1.91. The molecule has 0 aliphatic rings. The van der Waals surface area contributed by atoms with Gasteiger partial charge < -0.3 is 28.4 Å². The van der Waals surface area contributed by atoms with Crippen LogP contribution in [0.4, 0.5) is 0 Å². The highest BCUT2D eigenvalue weighted by atomic mass is 16.5. The highest BCUT2D eigenvalue weighted by Crippen LogP contribution is 2.47. The van der Waals surface area contributed by atoms with Gasteiger partial charge in [0.05, 0.1) is 74.4 Å². The van der Waals surface area contributed by atoms with E-state index in [1.54, 1.807) is 0 Å². The van der Waals surface area contributed by atoms with Gasteiger partial charge in [-0.05, 0) is 114 Å². The van der Waals surface area contributed by atoms with E-state index in [1.165, 1.54) is 64.2 Å². The molecule has 0 bridgehead atoms. The summed E-state index contributed by atoms with van der Waals surface area (Å²) in [7, 11) is 8.27. The maximum absolute atomic E-state index is 6.75. The SMILES string of the molecule is CCCCCCOc1cc2c3cc(OCCCCCC)c(OCCCCCC)cc3c3cc(OCCCCNC(N(C)C)=[N+](C)C)c(OCCCCCC)cc3c2cc1OCCCCCC. The van der Waals surface area contributed by atoms with E-state index < -0.39 is 0 Å². The zero-order valence-electron chi connectivity index (χ0n) is 43.3. The molecule has 9 heteroatoms. The number of benzene rings is 4. The molecular formula is C57H92N3O6+. The molecule has 66 heavy (non-hydrogen) atoms. The lowest BCUT2D eigenvalue weighted by Crippen LogP contribution is -2.42. The van der Waals surface area contributed by atoms with Gasteiger partial charge in [-0.25, -0.2) is 0 Å². The van der Waals surface area contributed by atoms with Crippen LogP contribution in [-0.2, 0) is 0 Å². The molecule has 0 aromatic heterocycles. The predicted molar refractivity (Wildman–Crippen MR) is 281 cm³/mol. The number of hydrogen-bond donors (Lipinski definition) is 1. The lowest BCUT2D eigenvalue weighted by molar-refractivity contribution is -0.472. The first-order valence-electron chi connectivity index (χ1n) is 26.5. The van der Waals surface area contributed by atoms with Crippen molar-refractivity contribution < 1.29 is 33.0 Å². The first-order chi connectivity index (χ1) is 32.3. The molecule has 4 rings (SSSR count). The molecule has 0 amide bonds. The first kappa shape index (κ1) is 54.3. The summed E-state index contributed by atoms with van der Waals surface area (Å²) in [5.74, 6) is 5.85. The number of nitrogens with one attached hydrogen (secondary N) is 1. The van der Waals surface area contributed by atoms with E-state index in [4.69, 9.17) is 28.4 Å². The maximum Gasteiger partial charge on any atom is 0.347 e. The van der Waals surface area contributed by atoms with Crippen molar-refractivity contribution in [1.82, 2.24) is 10.2 Å². The molecule has 0 fully saturated rings. The Kier molecular flexibility index (Phi) is 26.1. The molecule has 0 spiro atoms. The molecular weight excluding hydrogens is 823 g/mol. The average Bonchev–Trinajstić information content (AvgIpc) is 3.30. The van der Waals surface area contributed by atoms with Crippen LogP contribution >= 0.6 is 0 Å². The molecule has 0 heterocycles. The highest BCUT2D eigenvalue weighted by molar-refractivity contribution is 6.26. The summed E-state index contributed by atoms with van der Waals surface area (Å²) in [5.41, 5.74) is 0. The van der Waals surface area contributed by atoms with Crippen molar-refractivity contribution in [3.8, 4) is 34.5 Å². The Morgan fingerprint density at radius 2 is 0.591 bits per heavy atom. The molecule has 0 saturated heterocycles. The van der Waals surface area contributed by atoms with Gasteiger partial charge in [-0.15, -0.1) is 0 Å². The van der Waals surface area contributed by atoms with E-state index in [0.717, 1.165) is 156 Å². The van der Waals surface area contributed by atoms with E-state index in [1.807, 2.05) is 0 Å². The van der Waals surface area contributed by atoms with Gasteiger partial charge in [-0.1, -0.05) is 131 Å². The van der Waals surface area contributed by atoms with Crippen LogP contribution in [0.3, 0.4) is 0 Å². The molecule has 0 radical (unpaired) electrons. The summed E-state index contributed by atoms with van der Waals surface area (Å²) in [5, 5.41) is 10.2. The lowest BCUT2D eigenvalue weighted by Gasteiger charge is -2.21. The first-order valence-corrected chi connectivity index (χ1v) is 26.5. The number of nitrogens with zero attached hydrogens (tertiary/aromatic N) is 2. The standard InChI is InChI=1S/C57H91N3O6/c1-10-15-20-26-33-61-51-39-45-46-40-52(62-34-27-21-16-11-2)54(64-36-29-23-18-13-4)42-48(46)50-44-56(66-38-31-25-32-58-57(59(6)7)60(8)9)55(65-37-30-24-19-14-5)43-49(50)47(45)41-53(51)63-35-28-22-17-12-3/h39-44H,10-38H2,1-9H3/p+1. The number of rotatable bonds is 36. The second kappa shape index (κ2) is 31.7. The quantitative estimate of drug-likeness (QED) is 0.0159. The van der Waals surface area contributed by atoms with Crippen LogP contribution in [0.2, 0.25) is 0 Å². The van der Waals surface area contributed by atoms with Gasteiger partial charge in [0, 0.05) is 0 Å². The van der Waals surface area contributed by atoms with Gasteiger partial charge in [0.2, 0.25) is 0 Å². The van der Waals surface area contributed by atoms with Crippen LogP contribution in [0.15, 0.2) is 36.4 Å². The number of hydrogen-bond acceptors (Lipinski definition) is 6. The molecule has 4 aromatic carbocycles. The molecule has 0 atom stereocenters. The summed E-state index contributed by atoms with van der Waals surface area (Å²) in [6.07, 6.45) is 24.7. The van der Waals surface area contributed by atoms with E-state index in [9.17, 15) is 0 Å². The normalized spacial score (nSPS) is 11.3. The largest absolute Gasteiger partial charge is 0.490 e. The van der Waals surface area contributed by atoms with Gasteiger partial charge in [0.1, 0.15) is 0 Å². The predicted octanol–water partition coefficient (Wildman–Crippen LogP) is 14.9. The maximum atomic E-state index is 6.75. The van der Waals surface area contributed by atoms with Gasteiger partial charge in [0.25, 0.3) is 0 Å². The van der Waals surface area contributed by atoms with Crippen LogP contribution in [-0.4, -0.2) is 89.8 Å². The van der Waals surface area contributed by atoms with Crippen LogP contribution < -0.4 is 33.7 Å². The number of unbranched alkanes of at least 4 members (excludes halogenated alkanes) is 16. The topological polar surface area (TPSA) is 73.7 Å². The molecule has 370 valence electrons. The summed E-state index contributed by atoms with van der Waals surface area (Å²) in [6.45, 7) is 16.0. The molecule has 0 saturated carbocycles. The van der Waals surface area contributed by atoms with E-state index in [-0.39, 0.29) is 0 Å². The Hall–Kier alpha value is -4.27. The zero-order chi connectivity index (χ0) is 47.4. The van der Waals surface area contributed by atoms with Crippen molar-refractivity contribution in [2.45, 2.75) is 176 Å². The third-order valence-corrected chi connectivity index (χ3v) is 12.4. The second-order valence-corrected chi connectivity index (χ2v) is 18.7. The Morgan fingerprint density at radius 1 is 0.364 bits per heavy atom. The lowest BCUT2D eigenvalue weighted by atomic mass is 9.93. The van der Waals surface area contributed by atoms with Crippen LogP contribution in [0.25, 0.3) is 32.3 Å². The van der Waals surface area contributed by atoms with Gasteiger partial charge >= 0.3 is 5.96 Å². The van der Waals surface area contributed by atoms with Crippen LogP contribution in [0, 0.1) is 0 Å². The fourth-order valence-corrected chi connectivity index (χ4v) is 8.57. The number of guanidine groups is 1. The van der Waals surface area contributed by atoms with Gasteiger partial charge in [-0.3, -0.25) is 14.8 Å². The summed E-state index contributed by atoms with van der Waals surface area (Å²) in [4.78, 5) is 2.11. The van der Waals surface area contributed by atoms with E-state index in [2.05, 4.69) is 114 Å². The van der Waals surface area contributed by atoms with Gasteiger partial charge in [-0.2, -0.15) is 0 Å². The zero-order valence-corrected chi connectivity index (χ0v) is 43.3. The van der Waals surface area contributed by atoms with Crippen LogP contribution in [0.1, 0.15) is 176 Å². The number of ether oxygens (including phenoxy) is 6. The summed E-state index contributed by atoms with van der Waals surface area (Å²) < 4.78 is 42.3. The smallest absolute Gasteiger partial charge is 0.347 e. The molecule has 1 N–H and O–H groups in total. The molecule has 9 nitrogen and oxygen atoms in total. The highest BCUT2D eigenvalue weighted by Gasteiger charge is 2.21. The van der Waals surface area contributed by atoms with E-state index >= 15 is 0 Å². The molecule has 0 aliphatic heterocycles. The van der Waals surface area contributed by atoms with E-state index in [0.29, 0.717) is 39.6 Å². The minimum Gasteiger partial charge on any atom is -0.490 e. The Bertz CT molecular complexity index is 1960. The molecule has 0 unspecified atom stereocenters. The average molecular weight is 915 g/mol. The van der Waals surface area contributed by atoms with Crippen molar-refractivity contribution in [3.63, 3.8) is 0 Å². The Labute approximate surface area is 401 Å². The summed E-state index contributed by atoms with van der Waals surface area (Å²) >= 11 is 0. The van der Waals surface area contributed by atoms with Crippen molar-refractivity contribution >= 4 is 38.3 Å². The number of fused-ring (bicyclic) bond motifs is 6. The monoisotopic (exact) mass is 915 g/mol. The van der Waals surface area contributed by atoms with Crippen molar-refractivity contribution in [1.29, 1.82) is 0 Å². The fourth-order valence-electron chi connectivity index (χ4n) is 8.57.